The summed E-state index contributed by atoms with van der Waals surface area (Å²) in [5, 5.41) is 34.4. The molecule has 26 nitrogen and oxygen atoms in total. The molecule has 9 heterocycles. The molecule has 28 heteroatoms. The Balaban J connectivity index is 0.000000170. The van der Waals surface area contributed by atoms with Crippen LogP contribution in [0.2, 0.25) is 0 Å². The molecule has 0 aliphatic carbocycles. The Kier molecular flexibility index (Phi) is 31.4. The van der Waals surface area contributed by atoms with Crippen molar-refractivity contribution in [2.45, 2.75) is 223 Å². The fourth-order valence-corrected chi connectivity index (χ4v) is 17.1. The van der Waals surface area contributed by atoms with Gasteiger partial charge < -0.3 is 65.6 Å². The molecule has 15 rings (SSSR count). The maximum absolute atomic E-state index is 13.6. The number of rotatable bonds is 26. The third-order valence-corrected chi connectivity index (χ3v) is 25.5. The summed E-state index contributed by atoms with van der Waals surface area (Å²) in [5.74, 6) is -0.973. The minimum atomic E-state index is -0.456. The number of nitrogens with zero attached hydrogens (tertiary/aromatic N) is 9. The van der Waals surface area contributed by atoms with Crippen LogP contribution in [-0.4, -0.2) is 188 Å². The van der Waals surface area contributed by atoms with Gasteiger partial charge in [-0.1, -0.05) is 115 Å². The Labute approximate surface area is 750 Å². The number of amides is 5. The number of carbonyl (C=O) groups excluding carboxylic acids is 5. The lowest BCUT2D eigenvalue weighted by atomic mass is 9.78. The van der Waals surface area contributed by atoms with E-state index in [2.05, 4.69) is 209 Å². The highest BCUT2D eigenvalue weighted by atomic mass is 79.9. The quantitative estimate of drug-likeness (QED) is 0.0248. The summed E-state index contributed by atoms with van der Waals surface area (Å²) in [6.07, 6.45) is 8.56. The first-order valence-electron chi connectivity index (χ1n) is 44.8. The van der Waals surface area contributed by atoms with Crippen LogP contribution >= 0.6 is 15.9 Å². The highest BCUT2D eigenvalue weighted by Gasteiger charge is 2.52. The lowest BCUT2D eigenvalue weighted by molar-refractivity contribution is 0.00578. The molecule has 0 spiro atoms. The summed E-state index contributed by atoms with van der Waals surface area (Å²) in [6, 6.07) is 44.1. The van der Waals surface area contributed by atoms with Crippen LogP contribution < -0.4 is 42.7 Å². The van der Waals surface area contributed by atoms with E-state index in [4.69, 9.17) is 33.5 Å². The van der Waals surface area contributed by atoms with Crippen molar-refractivity contribution in [1.82, 2.24) is 70.8 Å². The lowest BCUT2D eigenvalue weighted by Crippen LogP contribution is -2.49. The number of aromatic nitrogens is 6. The topological polar surface area (TPSA) is 287 Å². The Hall–Kier alpha value is -10.4. The zero-order valence-electron chi connectivity index (χ0n) is 75.8. The van der Waals surface area contributed by atoms with E-state index in [0.29, 0.717) is 93.6 Å². The average molecular weight is 1780 g/mol. The minimum absolute atomic E-state index is 0.222. The highest BCUT2D eigenvalue weighted by Crippen LogP contribution is 2.38. The van der Waals surface area contributed by atoms with E-state index in [9.17, 15) is 24.0 Å². The molecule has 6 aromatic carbocycles. The van der Waals surface area contributed by atoms with Crippen LogP contribution in [0.3, 0.4) is 0 Å². The maximum Gasteiger partial charge on any atom is 0.494 e. The third kappa shape index (κ3) is 23.5. The minimum Gasteiger partial charge on any atom is -0.444 e. The van der Waals surface area contributed by atoms with Gasteiger partial charge in [0.25, 0.3) is 23.6 Å². The number of halogens is 1. The van der Waals surface area contributed by atoms with E-state index in [1.54, 1.807) is 53.4 Å². The van der Waals surface area contributed by atoms with Crippen LogP contribution in [0.15, 0.2) is 150 Å². The zero-order chi connectivity index (χ0) is 89.4. The number of benzene rings is 6. The van der Waals surface area contributed by atoms with Gasteiger partial charge in [-0.3, -0.25) is 29.0 Å². The van der Waals surface area contributed by atoms with Gasteiger partial charge in [0.2, 0.25) is 0 Å². The molecule has 1 atom stereocenters. The number of ether oxygens (including phenoxy) is 3. The molecule has 5 fully saturated rings. The van der Waals surface area contributed by atoms with Gasteiger partial charge in [-0.15, -0.1) is 0 Å². The van der Waals surface area contributed by atoms with Crippen molar-refractivity contribution in [3.05, 3.63) is 228 Å². The second-order valence-electron chi connectivity index (χ2n) is 35.4. The van der Waals surface area contributed by atoms with Gasteiger partial charge in [0, 0.05) is 192 Å². The van der Waals surface area contributed by atoms with Crippen molar-refractivity contribution < 1.29 is 47.5 Å². The van der Waals surface area contributed by atoms with Crippen molar-refractivity contribution in [2.24, 2.45) is 0 Å². The second kappa shape index (κ2) is 42.5. The summed E-state index contributed by atoms with van der Waals surface area (Å²) >= 11 is 3.53. The fourth-order valence-electron chi connectivity index (χ4n) is 16.7. The van der Waals surface area contributed by atoms with E-state index < -0.39 is 5.60 Å². The first-order chi connectivity index (χ1) is 60.6. The van der Waals surface area contributed by atoms with Crippen molar-refractivity contribution in [2.75, 3.05) is 82.9 Å². The molecule has 5 saturated heterocycles. The standard InChI is InChI=1S/C44H54N8O3.C32H37BrN6O3.C22H35BN2O4/c1-5-40-38(41(49-36-16-20-55-21-17-36)39-26-48-52(6-2)42(39)50-40)25-47-44(54)34-13-8-12-33(23-34)43(53)46-24-35-14-9-15-37(30(35)4)32-11-7-10-31(22-32)28-51-19-18-45-29(3)27-51;1-4-28-25(29(37-24-12-14-42-15-13-24)26-19-36-39(5-2)30(26)38-28)18-35-32(41)22-9-6-8-21(16-22)31(40)34-17-23-10-7-11-27(33)20(23)3;1-20(2,3)27-19(26)25-13-11-24(12-14-25)16-17-9-8-10-18(15-17)23-28-21(4,5)22(6,7)29-23/h7-15,22-23,26,29,36,45H,5-6,16-21,24-25,27-28H2,1-4H3,(H,46,53)(H,47,54)(H,49,50);6-11,16,19,24H,4-5,12-15,17-18H2,1-3H3,(H,34,40)(H,35,41)(H,37,38);8-10,15H,11-14,16H2,1-7H3/t29-;;/m0../s1. The Morgan fingerprint density at radius 2 is 1.00 bits per heavy atom. The van der Waals surface area contributed by atoms with E-state index in [1.165, 1.54) is 16.7 Å². The van der Waals surface area contributed by atoms with E-state index in [-0.39, 0.29) is 66.7 Å². The van der Waals surface area contributed by atoms with Gasteiger partial charge in [0.15, 0.2) is 11.3 Å². The molecule has 0 saturated carbocycles. The van der Waals surface area contributed by atoms with Crippen molar-refractivity contribution in [1.29, 1.82) is 0 Å². The summed E-state index contributed by atoms with van der Waals surface area (Å²) in [5.41, 5.74) is 18.2. The highest BCUT2D eigenvalue weighted by molar-refractivity contribution is 9.10. The number of pyridine rings is 2. The molecule has 4 aromatic heterocycles. The van der Waals surface area contributed by atoms with Gasteiger partial charge in [-0.2, -0.15) is 10.2 Å². The van der Waals surface area contributed by atoms with Crippen molar-refractivity contribution in [3.63, 3.8) is 0 Å². The number of nitrogens with one attached hydrogen (secondary N) is 7. The fraction of sp³-hybridized carbons (Fsp3) is 0.459. The summed E-state index contributed by atoms with van der Waals surface area (Å²) < 4.78 is 33.8. The van der Waals surface area contributed by atoms with Gasteiger partial charge in [-0.25, -0.2) is 24.1 Å². The molecular formula is C98H126BBrN16O10. The number of anilines is 2. The molecule has 5 aliphatic heterocycles. The predicted octanol–water partition coefficient (Wildman–Crippen LogP) is 14.8. The normalized spacial score (nSPS) is 16.9. The van der Waals surface area contributed by atoms with Gasteiger partial charge in [-0.05, 0) is 220 Å². The molecule has 0 unspecified atom stereocenters. The average Bonchev–Trinajstić information content (AvgIpc) is 1.70. The van der Waals surface area contributed by atoms with Crippen LogP contribution in [0.5, 0.6) is 0 Å². The van der Waals surface area contributed by atoms with Crippen molar-refractivity contribution in [3.8, 4) is 11.1 Å². The summed E-state index contributed by atoms with van der Waals surface area (Å²) in [6.45, 7) is 42.2. The Morgan fingerprint density at radius 1 is 0.548 bits per heavy atom. The van der Waals surface area contributed by atoms with E-state index in [0.717, 1.165) is 185 Å². The van der Waals surface area contributed by atoms with Crippen LogP contribution in [0.25, 0.3) is 33.2 Å². The van der Waals surface area contributed by atoms with Crippen LogP contribution in [0.4, 0.5) is 16.2 Å². The second-order valence-corrected chi connectivity index (χ2v) is 36.2. The predicted molar refractivity (Wildman–Crippen MR) is 501 cm³/mol. The summed E-state index contributed by atoms with van der Waals surface area (Å²) in [4.78, 5) is 82.3. The molecule has 7 N–H and O–H groups in total. The molecule has 5 amide bonds. The molecule has 126 heavy (non-hydrogen) atoms. The van der Waals surface area contributed by atoms with Gasteiger partial charge in [0.05, 0.1) is 45.7 Å². The lowest BCUT2D eigenvalue weighted by Gasteiger charge is -2.35. The number of fused-ring (bicyclic) bond motifs is 2. The van der Waals surface area contributed by atoms with E-state index in [1.807, 2.05) is 67.7 Å². The first kappa shape index (κ1) is 93.2. The Morgan fingerprint density at radius 3 is 1.48 bits per heavy atom. The Bertz CT molecular complexity index is 5460. The third-order valence-electron chi connectivity index (χ3n) is 24.7. The van der Waals surface area contributed by atoms with Gasteiger partial charge >= 0.3 is 13.2 Å². The zero-order valence-corrected chi connectivity index (χ0v) is 77.4. The molecular weight excluding hydrogens is 1650 g/mol. The monoisotopic (exact) mass is 1780 g/mol. The summed E-state index contributed by atoms with van der Waals surface area (Å²) in [7, 11) is -0.344. The molecule has 0 bridgehead atoms. The van der Waals surface area contributed by atoms with Crippen LogP contribution in [0, 0.1) is 13.8 Å². The molecule has 10 aromatic rings. The number of piperazine rings is 2. The maximum atomic E-state index is 13.6. The SMILES string of the molecule is CC(C)(C)OC(=O)N1CCN(Cc2cccc(B3OC(C)(C)C(C)(C)O3)c2)CC1.CCc1nc2c(cnn2CC)c(NC2CCOCC2)c1CNC(=O)c1cccc(C(=O)NCc2cccc(-c3cccc(CN4CCN[C@@H](C)C4)c3)c2C)c1.CCc1nc2c(cnn2CC)c(NC2CCOCC2)c1CNC(=O)c1cccc(C(=O)NCc2cccc(Br)c2C)c1. The number of aryl methyl sites for hydroxylation is 4. The smallest absolute Gasteiger partial charge is 0.444 e. The molecule has 0 radical (unpaired) electrons. The van der Waals surface area contributed by atoms with Gasteiger partial charge in [0.1, 0.15) is 5.60 Å². The van der Waals surface area contributed by atoms with Crippen molar-refractivity contribution >= 4 is 91.7 Å². The number of hydrogen-bond acceptors (Lipinski definition) is 19. The molecule has 668 valence electrons. The largest absolute Gasteiger partial charge is 0.494 e. The van der Waals surface area contributed by atoms with Crippen LogP contribution in [-0.2, 0) is 88.7 Å². The number of hydrogen-bond donors (Lipinski definition) is 7. The number of carbonyl (C=O) groups is 5. The van der Waals surface area contributed by atoms with E-state index >= 15 is 0 Å². The van der Waals surface area contributed by atoms with Crippen LogP contribution in [0.1, 0.15) is 206 Å². The molecule has 5 aliphatic rings. The first-order valence-corrected chi connectivity index (χ1v) is 45.6.